The van der Waals surface area contributed by atoms with Crippen LogP contribution in [0.25, 0.3) is 0 Å². The smallest absolute Gasteiger partial charge is 0.261 e. The second kappa shape index (κ2) is 6.41. The molecule has 2 rings (SSSR count). The van der Waals surface area contributed by atoms with E-state index in [1.165, 1.54) is 0 Å². The Hall–Kier alpha value is -2.04. The number of ether oxygens (including phenoxy) is 1. The summed E-state index contributed by atoms with van der Waals surface area (Å²) in [5, 5.41) is 0. The Morgan fingerprint density at radius 1 is 1.25 bits per heavy atom. The van der Waals surface area contributed by atoms with Gasteiger partial charge in [0, 0.05) is 19.1 Å². The lowest BCUT2D eigenvalue weighted by Crippen LogP contribution is -2.55. The van der Waals surface area contributed by atoms with E-state index < -0.39 is 0 Å². The molecule has 0 bridgehead atoms. The molecular weight excluding hydrogens is 256 g/mol. The maximum Gasteiger partial charge on any atom is 0.261 e. The SMILES string of the molecule is CC(C)N1CCN(C(=O)COc2ccccc2)CC1=O. The van der Waals surface area contributed by atoms with Gasteiger partial charge in [0.05, 0.1) is 6.54 Å². The first-order valence-electron chi connectivity index (χ1n) is 6.83. The van der Waals surface area contributed by atoms with Crippen LogP contribution in [-0.4, -0.2) is 53.9 Å². The van der Waals surface area contributed by atoms with Crippen molar-refractivity contribution in [1.29, 1.82) is 0 Å². The molecule has 1 aliphatic heterocycles. The third kappa shape index (κ3) is 3.50. The van der Waals surface area contributed by atoms with Crippen LogP contribution >= 0.6 is 0 Å². The van der Waals surface area contributed by atoms with Crippen LogP contribution in [0.3, 0.4) is 0 Å². The number of amides is 2. The highest BCUT2D eigenvalue weighted by Crippen LogP contribution is 2.10. The van der Waals surface area contributed by atoms with E-state index in [-0.39, 0.29) is 31.0 Å². The Bertz CT molecular complexity index is 473. The molecule has 0 unspecified atom stereocenters. The quantitative estimate of drug-likeness (QED) is 0.828. The number of carbonyl (C=O) groups is 2. The summed E-state index contributed by atoms with van der Waals surface area (Å²) in [7, 11) is 0. The maximum atomic E-state index is 12.0. The lowest BCUT2D eigenvalue weighted by atomic mass is 10.2. The molecule has 108 valence electrons. The summed E-state index contributed by atoms with van der Waals surface area (Å²) < 4.78 is 5.41. The van der Waals surface area contributed by atoms with E-state index >= 15 is 0 Å². The molecule has 1 aliphatic rings. The topological polar surface area (TPSA) is 49.9 Å². The van der Waals surface area contributed by atoms with Gasteiger partial charge in [-0.1, -0.05) is 18.2 Å². The average Bonchev–Trinajstić information content (AvgIpc) is 2.45. The molecule has 0 aliphatic carbocycles. The highest BCUT2D eigenvalue weighted by atomic mass is 16.5. The van der Waals surface area contributed by atoms with Gasteiger partial charge in [-0.15, -0.1) is 0 Å². The van der Waals surface area contributed by atoms with Gasteiger partial charge in [0.1, 0.15) is 5.75 Å². The number of carbonyl (C=O) groups excluding carboxylic acids is 2. The van der Waals surface area contributed by atoms with Crippen molar-refractivity contribution in [2.75, 3.05) is 26.2 Å². The fraction of sp³-hybridized carbons (Fsp3) is 0.467. The molecule has 20 heavy (non-hydrogen) atoms. The number of para-hydroxylation sites is 1. The lowest BCUT2D eigenvalue weighted by Gasteiger charge is -2.36. The molecule has 1 saturated heterocycles. The van der Waals surface area contributed by atoms with Gasteiger partial charge in [0.15, 0.2) is 6.61 Å². The van der Waals surface area contributed by atoms with Gasteiger partial charge < -0.3 is 14.5 Å². The Morgan fingerprint density at radius 3 is 2.55 bits per heavy atom. The first kappa shape index (κ1) is 14.4. The summed E-state index contributed by atoms with van der Waals surface area (Å²) in [6.45, 7) is 5.24. The predicted molar refractivity (Wildman–Crippen MR) is 75.4 cm³/mol. The normalized spacial score (nSPS) is 15.7. The Balaban J connectivity index is 1.84. The molecular formula is C15H20N2O3. The summed E-state index contributed by atoms with van der Waals surface area (Å²) in [6, 6.07) is 9.37. The zero-order chi connectivity index (χ0) is 14.5. The van der Waals surface area contributed by atoms with Gasteiger partial charge in [-0.2, -0.15) is 0 Å². The summed E-state index contributed by atoms with van der Waals surface area (Å²) in [6.07, 6.45) is 0. The molecule has 5 nitrogen and oxygen atoms in total. The number of hydrogen-bond acceptors (Lipinski definition) is 3. The molecule has 0 saturated carbocycles. The molecule has 1 fully saturated rings. The van der Waals surface area contributed by atoms with Gasteiger partial charge in [-0.05, 0) is 26.0 Å². The molecule has 0 aromatic heterocycles. The van der Waals surface area contributed by atoms with Crippen LogP contribution in [0.2, 0.25) is 0 Å². The number of benzene rings is 1. The first-order chi connectivity index (χ1) is 9.58. The minimum Gasteiger partial charge on any atom is -0.484 e. The van der Waals surface area contributed by atoms with E-state index in [1.54, 1.807) is 21.9 Å². The maximum absolute atomic E-state index is 12.0. The van der Waals surface area contributed by atoms with Gasteiger partial charge >= 0.3 is 0 Å². The second-order valence-corrected chi connectivity index (χ2v) is 5.10. The third-order valence-corrected chi connectivity index (χ3v) is 3.34. The summed E-state index contributed by atoms with van der Waals surface area (Å²) in [5.74, 6) is 0.512. The van der Waals surface area contributed by atoms with Gasteiger partial charge in [-0.3, -0.25) is 9.59 Å². The van der Waals surface area contributed by atoms with Gasteiger partial charge in [0.25, 0.3) is 5.91 Å². The van der Waals surface area contributed by atoms with Crippen molar-refractivity contribution in [3.05, 3.63) is 30.3 Å². The van der Waals surface area contributed by atoms with E-state index in [4.69, 9.17) is 4.74 Å². The summed E-state index contributed by atoms with van der Waals surface area (Å²) >= 11 is 0. The molecule has 0 spiro atoms. The predicted octanol–water partition coefficient (Wildman–Crippen LogP) is 1.14. The molecule has 0 atom stereocenters. The fourth-order valence-electron chi connectivity index (χ4n) is 2.20. The van der Waals surface area contributed by atoms with Crippen molar-refractivity contribution in [1.82, 2.24) is 9.80 Å². The minimum atomic E-state index is -0.148. The minimum absolute atomic E-state index is 0.000638. The van der Waals surface area contributed by atoms with Crippen molar-refractivity contribution < 1.29 is 14.3 Å². The van der Waals surface area contributed by atoms with Crippen LogP contribution in [0.1, 0.15) is 13.8 Å². The van der Waals surface area contributed by atoms with Gasteiger partial charge in [0.2, 0.25) is 5.91 Å². The molecule has 0 N–H and O–H groups in total. The largest absolute Gasteiger partial charge is 0.484 e. The van der Waals surface area contributed by atoms with Crippen LogP contribution in [0.15, 0.2) is 30.3 Å². The zero-order valence-corrected chi connectivity index (χ0v) is 11.9. The van der Waals surface area contributed by atoms with E-state index in [0.29, 0.717) is 18.8 Å². The van der Waals surface area contributed by atoms with Crippen molar-refractivity contribution in [2.24, 2.45) is 0 Å². The monoisotopic (exact) mass is 276 g/mol. The van der Waals surface area contributed by atoms with Crippen LogP contribution in [0.5, 0.6) is 5.75 Å². The Morgan fingerprint density at radius 2 is 1.95 bits per heavy atom. The number of nitrogens with zero attached hydrogens (tertiary/aromatic N) is 2. The third-order valence-electron chi connectivity index (χ3n) is 3.34. The Kier molecular flexibility index (Phi) is 4.61. The van der Waals surface area contributed by atoms with Crippen molar-refractivity contribution in [3.63, 3.8) is 0 Å². The Labute approximate surface area is 119 Å². The lowest BCUT2D eigenvalue weighted by molar-refractivity contribution is -0.147. The van der Waals surface area contributed by atoms with E-state index in [0.717, 1.165) is 0 Å². The number of rotatable bonds is 4. The first-order valence-corrected chi connectivity index (χ1v) is 6.83. The molecule has 1 heterocycles. The molecule has 0 radical (unpaired) electrons. The second-order valence-electron chi connectivity index (χ2n) is 5.10. The highest BCUT2D eigenvalue weighted by molar-refractivity contribution is 5.86. The van der Waals surface area contributed by atoms with Crippen molar-refractivity contribution in [2.45, 2.75) is 19.9 Å². The fourth-order valence-corrected chi connectivity index (χ4v) is 2.20. The van der Waals surface area contributed by atoms with Crippen LogP contribution < -0.4 is 4.74 Å². The molecule has 2 amide bonds. The number of hydrogen-bond donors (Lipinski definition) is 0. The van der Waals surface area contributed by atoms with Crippen LogP contribution in [0, 0.1) is 0 Å². The van der Waals surface area contributed by atoms with E-state index in [2.05, 4.69) is 0 Å². The van der Waals surface area contributed by atoms with Crippen molar-refractivity contribution in [3.8, 4) is 5.75 Å². The summed E-state index contributed by atoms with van der Waals surface area (Å²) in [5.41, 5.74) is 0. The van der Waals surface area contributed by atoms with Crippen molar-refractivity contribution >= 4 is 11.8 Å². The highest BCUT2D eigenvalue weighted by Gasteiger charge is 2.28. The standard InChI is InChI=1S/C15H20N2O3/c1-12(2)17-9-8-16(10-14(17)18)15(19)11-20-13-6-4-3-5-7-13/h3-7,12H,8-11H2,1-2H3. The summed E-state index contributed by atoms with van der Waals surface area (Å²) in [4.78, 5) is 27.3. The van der Waals surface area contributed by atoms with Gasteiger partial charge in [-0.25, -0.2) is 0 Å². The van der Waals surface area contributed by atoms with Crippen LogP contribution in [0.4, 0.5) is 0 Å². The molecule has 1 aromatic rings. The number of piperazine rings is 1. The average molecular weight is 276 g/mol. The van der Waals surface area contributed by atoms with E-state index in [1.807, 2.05) is 32.0 Å². The molecule has 5 heteroatoms. The van der Waals surface area contributed by atoms with Crippen LogP contribution in [-0.2, 0) is 9.59 Å². The molecule has 1 aromatic carbocycles. The van der Waals surface area contributed by atoms with E-state index in [9.17, 15) is 9.59 Å². The zero-order valence-electron chi connectivity index (χ0n) is 11.9.